The van der Waals surface area contributed by atoms with Crippen molar-refractivity contribution in [1.82, 2.24) is 10.2 Å². The lowest BCUT2D eigenvalue weighted by atomic mass is 10.0. The van der Waals surface area contributed by atoms with Gasteiger partial charge in [-0.25, -0.2) is 0 Å². The van der Waals surface area contributed by atoms with Crippen LogP contribution in [0.1, 0.15) is 0 Å². The van der Waals surface area contributed by atoms with Crippen molar-refractivity contribution in [2.45, 2.75) is 0 Å². The number of rotatable bonds is 4. The first-order valence-corrected chi connectivity index (χ1v) is 9.53. The number of hydrogen-bond acceptors (Lipinski definition) is 3. The molecule has 3 aromatic carbocycles. The molecule has 3 heteroatoms. The molecule has 0 amide bonds. The van der Waals surface area contributed by atoms with Crippen molar-refractivity contribution >= 4 is 0 Å². The summed E-state index contributed by atoms with van der Waals surface area (Å²) in [6.45, 7) is 0. The molecule has 2 aromatic heterocycles. The topological polar surface area (TPSA) is 38.9 Å². The van der Waals surface area contributed by atoms with Crippen molar-refractivity contribution in [3.63, 3.8) is 0 Å². The van der Waals surface area contributed by atoms with Crippen LogP contribution in [0.3, 0.4) is 0 Å². The van der Waals surface area contributed by atoms with Crippen LogP contribution in [-0.2, 0) is 0 Å². The zero-order valence-corrected chi connectivity index (χ0v) is 15.7. The molecule has 0 saturated heterocycles. The first kappa shape index (κ1) is 17.1. The first-order valence-electron chi connectivity index (χ1n) is 9.53. The number of benzene rings is 3. The van der Waals surface area contributed by atoms with Gasteiger partial charge in [0.2, 0.25) is 0 Å². The Bertz CT molecular complexity index is 1230. The summed E-state index contributed by atoms with van der Waals surface area (Å²) in [4.78, 5) is 0. The summed E-state index contributed by atoms with van der Waals surface area (Å²) >= 11 is 0. The average Bonchev–Trinajstić information content (AvgIpc) is 3.31. The van der Waals surface area contributed by atoms with Crippen LogP contribution in [0.5, 0.6) is 0 Å². The second-order valence-electron chi connectivity index (χ2n) is 6.75. The van der Waals surface area contributed by atoms with E-state index in [-0.39, 0.29) is 0 Å². The fraction of sp³-hybridized carbons (Fsp3) is 0. The summed E-state index contributed by atoms with van der Waals surface area (Å²) < 4.78 is 6.24. The van der Waals surface area contributed by atoms with Crippen LogP contribution in [0.2, 0.25) is 0 Å². The lowest BCUT2D eigenvalue weighted by Gasteiger charge is -2.09. The van der Waals surface area contributed by atoms with E-state index in [1.54, 1.807) is 0 Å². The van der Waals surface area contributed by atoms with Crippen LogP contribution in [0.4, 0.5) is 0 Å². The molecular formula is C26H18N2O. The van der Waals surface area contributed by atoms with Crippen LogP contribution in [-0.4, -0.2) is 10.2 Å². The van der Waals surface area contributed by atoms with Crippen LogP contribution in [0, 0.1) is 0 Å². The largest absolute Gasteiger partial charge is 0.456 e. The van der Waals surface area contributed by atoms with Gasteiger partial charge < -0.3 is 4.42 Å². The second kappa shape index (κ2) is 7.56. The van der Waals surface area contributed by atoms with E-state index >= 15 is 0 Å². The summed E-state index contributed by atoms with van der Waals surface area (Å²) in [5.41, 5.74) is 5.62. The highest BCUT2D eigenvalue weighted by Crippen LogP contribution is 2.35. The zero-order valence-electron chi connectivity index (χ0n) is 15.7. The molecule has 0 radical (unpaired) electrons. The molecule has 0 aliphatic carbocycles. The summed E-state index contributed by atoms with van der Waals surface area (Å²) in [7, 11) is 0. The van der Waals surface area contributed by atoms with E-state index in [4.69, 9.17) is 4.42 Å². The minimum Gasteiger partial charge on any atom is -0.456 e. The number of nitrogens with zero attached hydrogens (tertiary/aromatic N) is 2. The Morgan fingerprint density at radius 3 is 1.69 bits per heavy atom. The van der Waals surface area contributed by atoms with Crippen LogP contribution < -0.4 is 0 Å². The third-order valence-corrected chi connectivity index (χ3v) is 4.84. The van der Waals surface area contributed by atoms with Gasteiger partial charge in [-0.3, -0.25) is 0 Å². The Labute approximate surface area is 169 Å². The molecule has 0 fully saturated rings. The predicted octanol–water partition coefficient (Wildman–Crippen LogP) is 6.74. The maximum Gasteiger partial charge on any atom is 0.137 e. The lowest BCUT2D eigenvalue weighted by Crippen LogP contribution is -1.95. The minimum absolute atomic E-state index is 0.773. The van der Waals surface area contributed by atoms with Crippen molar-refractivity contribution in [3.8, 4) is 45.2 Å². The summed E-state index contributed by atoms with van der Waals surface area (Å²) in [5.74, 6) is 1.60. The molecule has 138 valence electrons. The van der Waals surface area contributed by atoms with E-state index in [0.29, 0.717) is 0 Å². The van der Waals surface area contributed by atoms with Gasteiger partial charge in [-0.15, -0.1) is 10.2 Å². The zero-order chi connectivity index (χ0) is 19.5. The lowest BCUT2D eigenvalue weighted by molar-refractivity contribution is 0.597. The predicted molar refractivity (Wildman–Crippen MR) is 116 cm³/mol. The molecule has 5 rings (SSSR count). The Balaban J connectivity index is 1.66. The normalized spacial score (nSPS) is 10.8. The highest BCUT2D eigenvalue weighted by atomic mass is 16.3. The van der Waals surface area contributed by atoms with Gasteiger partial charge in [0.25, 0.3) is 0 Å². The fourth-order valence-corrected chi connectivity index (χ4v) is 3.38. The maximum atomic E-state index is 6.24. The van der Waals surface area contributed by atoms with E-state index in [9.17, 15) is 0 Å². The van der Waals surface area contributed by atoms with Gasteiger partial charge in [0.1, 0.15) is 17.2 Å². The molecule has 0 aliphatic rings. The third kappa shape index (κ3) is 3.46. The smallest absolute Gasteiger partial charge is 0.137 e. The molecular weight excluding hydrogens is 356 g/mol. The SMILES string of the molecule is c1ccc(-c2cc(-c3ccc(-c4ccccc4)o3)c(-c3ccccc3)nn2)cc1. The molecule has 0 aliphatic heterocycles. The molecule has 0 spiro atoms. The van der Waals surface area contributed by atoms with Crippen LogP contribution >= 0.6 is 0 Å². The molecule has 3 nitrogen and oxygen atoms in total. The maximum absolute atomic E-state index is 6.24. The number of hydrogen-bond donors (Lipinski definition) is 0. The molecule has 5 aromatic rings. The summed E-state index contributed by atoms with van der Waals surface area (Å²) in [6, 6.07) is 36.3. The minimum atomic E-state index is 0.773. The molecule has 0 bridgehead atoms. The van der Waals surface area contributed by atoms with E-state index in [1.807, 2.05) is 103 Å². The van der Waals surface area contributed by atoms with Gasteiger partial charge in [0.05, 0.1) is 5.69 Å². The standard InChI is InChI=1S/C26H18N2O/c1-4-10-19(11-5-1)23-18-22(26(28-27-23)21-14-8-3-9-15-21)25-17-16-24(29-25)20-12-6-2-7-13-20/h1-18H. The second-order valence-corrected chi connectivity index (χ2v) is 6.75. The van der Waals surface area contributed by atoms with Gasteiger partial charge in [-0.1, -0.05) is 91.0 Å². The van der Waals surface area contributed by atoms with Gasteiger partial charge in [-0.05, 0) is 18.2 Å². The van der Waals surface area contributed by atoms with Crippen molar-refractivity contribution in [3.05, 3.63) is 109 Å². The van der Waals surface area contributed by atoms with E-state index < -0.39 is 0 Å². The quantitative estimate of drug-likeness (QED) is 0.350. The van der Waals surface area contributed by atoms with Crippen molar-refractivity contribution in [1.29, 1.82) is 0 Å². The van der Waals surface area contributed by atoms with E-state index in [0.717, 1.165) is 45.2 Å². The van der Waals surface area contributed by atoms with Gasteiger partial charge in [0, 0.05) is 22.3 Å². The molecule has 2 heterocycles. The average molecular weight is 374 g/mol. The number of aromatic nitrogens is 2. The first-order chi connectivity index (χ1) is 14.4. The van der Waals surface area contributed by atoms with Crippen molar-refractivity contribution in [2.24, 2.45) is 0 Å². The Hall–Kier alpha value is -3.98. The molecule has 29 heavy (non-hydrogen) atoms. The Morgan fingerprint density at radius 1 is 0.483 bits per heavy atom. The fourth-order valence-electron chi connectivity index (χ4n) is 3.38. The Morgan fingerprint density at radius 2 is 1.03 bits per heavy atom. The Kier molecular flexibility index (Phi) is 4.47. The summed E-state index contributed by atoms with van der Waals surface area (Å²) in [5, 5.41) is 9.06. The van der Waals surface area contributed by atoms with E-state index in [2.05, 4.69) is 16.3 Å². The molecule has 0 N–H and O–H groups in total. The summed E-state index contributed by atoms with van der Waals surface area (Å²) in [6.07, 6.45) is 0. The molecule has 0 unspecified atom stereocenters. The highest BCUT2D eigenvalue weighted by Gasteiger charge is 2.16. The van der Waals surface area contributed by atoms with Gasteiger partial charge in [-0.2, -0.15) is 0 Å². The van der Waals surface area contributed by atoms with Crippen molar-refractivity contribution in [2.75, 3.05) is 0 Å². The van der Waals surface area contributed by atoms with Gasteiger partial charge >= 0.3 is 0 Å². The highest BCUT2D eigenvalue weighted by molar-refractivity contribution is 5.81. The molecule has 0 saturated carbocycles. The third-order valence-electron chi connectivity index (χ3n) is 4.84. The van der Waals surface area contributed by atoms with Crippen molar-refractivity contribution < 1.29 is 4.42 Å². The van der Waals surface area contributed by atoms with Crippen LogP contribution in [0.15, 0.2) is 114 Å². The monoisotopic (exact) mass is 374 g/mol. The van der Waals surface area contributed by atoms with E-state index in [1.165, 1.54) is 0 Å². The van der Waals surface area contributed by atoms with Crippen LogP contribution in [0.25, 0.3) is 45.2 Å². The van der Waals surface area contributed by atoms with Gasteiger partial charge in [0.15, 0.2) is 0 Å². The number of furan rings is 1. The molecule has 0 atom stereocenters.